The lowest BCUT2D eigenvalue weighted by molar-refractivity contribution is 0.575. The number of anilines is 2. The number of benzene rings is 1. The maximum absolute atomic E-state index is 12.6. The lowest BCUT2D eigenvalue weighted by Crippen LogP contribution is -2.37. The van der Waals surface area contributed by atoms with Gasteiger partial charge in [0.1, 0.15) is 0 Å². The average Bonchev–Trinajstić information content (AvgIpc) is 2.68. The molecule has 7 heteroatoms. The molecule has 0 bridgehead atoms. The van der Waals surface area contributed by atoms with Gasteiger partial charge in [-0.2, -0.15) is 0 Å². The van der Waals surface area contributed by atoms with Gasteiger partial charge in [-0.05, 0) is 37.1 Å². The number of nitrogens with zero attached hydrogens (tertiary/aromatic N) is 4. The maximum atomic E-state index is 12.6. The van der Waals surface area contributed by atoms with E-state index in [-0.39, 0.29) is 5.56 Å². The molecule has 4 rings (SSSR count). The van der Waals surface area contributed by atoms with Gasteiger partial charge in [0.15, 0.2) is 6.17 Å². The number of aryl methyl sites for hydroxylation is 2. The minimum absolute atomic E-state index is 0.158. The van der Waals surface area contributed by atoms with Crippen LogP contribution in [0.3, 0.4) is 0 Å². The predicted molar refractivity (Wildman–Crippen MR) is 106 cm³/mol. The van der Waals surface area contributed by atoms with E-state index in [1.165, 1.54) is 16.2 Å². The second kappa shape index (κ2) is 7.03. The molecule has 7 nitrogen and oxygen atoms in total. The zero-order chi connectivity index (χ0) is 18.8. The first kappa shape index (κ1) is 17.0. The van der Waals surface area contributed by atoms with E-state index in [2.05, 4.69) is 39.7 Å². The molecule has 2 aromatic heterocycles. The lowest BCUT2D eigenvalue weighted by Gasteiger charge is -2.26. The third-order valence-corrected chi connectivity index (χ3v) is 4.41. The van der Waals surface area contributed by atoms with Crippen LogP contribution in [-0.2, 0) is 6.42 Å². The number of fused-ring (bicyclic) bond motifs is 1. The summed E-state index contributed by atoms with van der Waals surface area (Å²) in [6.45, 7) is 3.92. The van der Waals surface area contributed by atoms with Crippen molar-refractivity contribution >= 4 is 17.6 Å². The monoisotopic (exact) mass is 360 g/mol. The summed E-state index contributed by atoms with van der Waals surface area (Å²) < 4.78 is 1.54. The minimum atomic E-state index is -0.534. The average molecular weight is 360 g/mol. The Kier molecular flexibility index (Phi) is 4.42. The van der Waals surface area contributed by atoms with Gasteiger partial charge in [0.05, 0.1) is 0 Å². The van der Waals surface area contributed by atoms with Crippen LogP contribution in [0.4, 0.5) is 11.6 Å². The molecule has 0 saturated heterocycles. The fourth-order valence-corrected chi connectivity index (χ4v) is 3.02. The Hall–Kier alpha value is -3.48. The second-order valence-corrected chi connectivity index (χ2v) is 6.37. The molecule has 1 aliphatic rings. The first-order valence-electron chi connectivity index (χ1n) is 8.85. The van der Waals surface area contributed by atoms with Crippen LogP contribution in [0.15, 0.2) is 64.6 Å². The van der Waals surface area contributed by atoms with E-state index in [9.17, 15) is 4.79 Å². The standard InChI is InChI=1S/C20H20N6O/c1-3-14-6-8-16(9-7-14)23-19-24-18(15-5-4-10-21-12-15)26-17(27)11-13(2)22-20(26)25-19/h4-12,18H,3H2,1-2H3,(H2,22,23,24,25)/t18-/m1/s1. The molecule has 1 aromatic carbocycles. The van der Waals surface area contributed by atoms with E-state index in [1.807, 2.05) is 24.3 Å². The van der Waals surface area contributed by atoms with Gasteiger partial charge in [-0.3, -0.25) is 19.7 Å². The fraction of sp³-hybridized carbons (Fsp3) is 0.200. The quantitative estimate of drug-likeness (QED) is 0.750. The first-order chi connectivity index (χ1) is 13.1. The minimum Gasteiger partial charge on any atom is -0.326 e. The first-order valence-corrected chi connectivity index (χ1v) is 8.85. The molecule has 0 saturated carbocycles. The zero-order valence-electron chi connectivity index (χ0n) is 15.2. The number of aromatic nitrogens is 3. The van der Waals surface area contributed by atoms with Gasteiger partial charge in [0.2, 0.25) is 11.9 Å². The predicted octanol–water partition coefficient (Wildman–Crippen LogP) is 2.95. The van der Waals surface area contributed by atoms with Crippen LogP contribution in [0.5, 0.6) is 0 Å². The van der Waals surface area contributed by atoms with Crippen molar-refractivity contribution in [3.63, 3.8) is 0 Å². The molecular formula is C20H20N6O. The van der Waals surface area contributed by atoms with Crippen molar-refractivity contribution in [2.75, 3.05) is 10.6 Å². The zero-order valence-corrected chi connectivity index (χ0v) is 15.2. The summed E-state index contributed by atoms with van der Waals surface area (Å²) in [4.78, 5) is 25.9. The normalized spacial score (nSPS) is 15.5. The van der Waals surface area contributed by atoms with E-state index in [1.54, 1.807) is 19.3 Å². The number of aliphatic imine (C=N–C) groups is 1. The van der Waals surface area contributed by atoms with Gasteiger partial charge in [-0.25, -0.2) is 9.98 Å². The van der Waals surface area contributed by atoms with Gasteiger partial charge >= 0.3 is 0 Å². The maximum Gasteiger partial charge on any atom is 0.257 e. The van der Waals surface area contributed by atoms with Crippen molar-refractivity contribution in [2.24, 2.45) is 4.99 Å². The van der Waals surface area contributed by atoms with Gasteiger partial charge in [0, 0.05) is 35.4 Å². The molecule has 0 aliphatic carbocycles. The van der Waals surface area contributed by atoms with Gasteiger partial charge in [-0.1, -0.05) is 25.1 Å². The van der Waals surface area contributed by atoms with E-state index in [0.717, 1.165) is 17.7 Å². The third-order valence-electron chi connectivity index (χ3n) is 4.41. The summed E-state index contributed by atoms with van der Waals surface area (Å²) >= 11 is 0. The van der Waals surface area contributed by atoms with Crippen LogP contribution < -0.4 is 16.2 Å². The number of nitrogens with one attached hydrogen (secondary N) is 2. The van der Waals surface area contributed by atoms with Crippen molar-refractivity contribution in [1.82, 2.24) is 14.5 Å². The number of guanidine groups is 1. The summed E-state index contributed by atoms with van der Waals surface area (Å²) in [7, 11) is 0. The molecule has 27 heavy (non-hydrogen) atoms. The third kappa shape index (κ3) is 3.44. The number of pyridine rings is 1. The van der Waals surface area contributed by atoms with Crippen LogP contribution in [0, 0.1) is 6.92 Å². The highest BCUT2D eigenvalue weighted by atomic mass is 16.1. The van der Waals surface area contributed by atoms with E-state index in [4.69, 9.17) is 4.99 Å². The van der Waals surface area contributed by atoms with E-state index in [0.29, 0.717) is 17.6 Å². The Morgan fingerprint density at radius 2 is 2.04 bits per heavy atom. The van der Waals surface area contributed by atoms with Gasteiger partial charge < -0.3 is 5.32 Å². The summed E-state index contributed by atoms with van der Waals surface area (Å²) in [6, 6.07) is 13.4. The summed E-state index contributed by atoms with van der Waals surface area (Å²) in [5.41, 5.74) is 3.48. The number of hydrogen-bond acceptors (Lipinski definition) is 6. The van der Waals surface area contributed by atoms with Crippen molar-refractivity contribution in [1.29, 1.82) is 0 Å². The SMILES string of the molecule is CCc1ccc(NC2=N[C@@H](c3cccnc3)n3c(nc(C)cc3=O)N2)cc1. The Morgan fingerprint density at radius 1 is 1.22 bits per heavy atom. The van der Waals surface area contributed by atoms with Crippen molar-refractivity contribution in [2.45, 2.75) is 26.4 Å². The van der Waals surface area contributed by atoms with Crippen LogP contribution >= 0.6 is 0 Å². The van der Waals surface area contributed by atoms with E-state index < -0.39 is 6.17 Å². The van der Waals surface area contributed by atoms with Gasteiger partial charge in [0.25, 0.3) is 5.56 Å². The van der Waals surface area contributed by atoms with Gasteiger partial charge in [-0.15, -0.1) is 0 Å². The Morgan fingerprint density at radius 3 is 2.74 bits per heavy atom. The summed E-state index contributed by atoms with van der Waals surface area (Å²) in [6.07, 6.45) is 3.86. The van der Waals surface area contributed by atoms with Crippen molar-refractivity contribution in [3.8, 4) is 0 Å². The molecular weight excluding hydrogens is 340 g/mol. The summed E-state index contributed by atoms with van der Waals surface area (Å²) in [5.74, 6) is 0.988. The lowest BCUT2D eigenvalue weighted by atomic mass is 10.1. The molecule has 3 aromatic rings. The highest BCUT2D eigenvalue weighted by Crippen LogP contribution is 2.25. The molecule has 2 N–H and O–H groups in total. The molecule has 0 spiro atoms. The van der Waals surface area contributed by atoms with Crippen LogP contribution in [0.2, 0.25) is 0 Å². The highest BCUT2D eigenvalue weighted by Gasteiger charge is 2.25. The molecule has 136 valence electrons. The molecule has 0 radical (unpaired) electrons. The van der Waals surface area contributed by atoms with Crippen LogP contribution in [-0.4, -0.2) is 20.5 Å². The van der Waals surface area contributed by atoms with Crippen LogP contribution in [0.1, 0.15) is 29.9 Å². The molecule has 1 aliphatic heterocycles. The van der Waals surface area contributed by atoms with Crippen molar-refractivity contribution < 1.29 is 0 Å². The topological polar surface area (TPSA) is 84.2 Å². The Bertz CT molecular complexity index is 1040. The Labute approximate surface area is 156 Å². The molecule has 0 fully saturated rings. The number of rotatable bonds is 3. The molecule has 1 atom stereocenters. The number of hydrogen-bond donors (Lipinski definition) is 2. The highest BCUT2D eigenvalue weighted by molar-refractivity contribution is 6.03. The molecule has 0 amide bonds. The second-order valence-electron chi connectivity index (χ2n) is 6.37. The summed E-state index contributed by atoms with van der Waals surface area (Å²) in [5, 5.41) is 6.40. The van der Waals surface area contributed by atoms with Crippen molar-refractivity contribution in [3.05, 3.63) is 82.0 Å². The molecule has 0 unspecified atom stereocenters. The van der Waals surface area contributed by atoms with E-state index >= 15 is 0 Å². The molecule has 3 heterocycles. The fourth-order valence-electron chi connectivity index (χ4n) is 3.02. The smallest absolute Gasteiger partial charge is 0.257 e. The largest absolute Gasteiger partial charge is 0.326 e. The Balaban J connectivity index is 1.74. The van der Waals surface area contributed by atoms with Crippen LogP contribution in [0.25, 0.3) is 0 Å².